The number of piperazine rings is 1. The Labute approximate surface area is 178 Å². The molecule has 2 aliphatic heterocycles. The molecule has 9 nitrogen and oxygen atoms in total. The number of hydrogen-bond acceptors (Lipinski definition) is 6. The zero-order valence-corrected chi connectivity index (χ0v) is 18.4. The van der Waals surface area contributed by atoms with Gasteiger partial charge in [-0.25, -0.2) is 17.9 Å². The van der Waals surface area contributed by atoms with Gasteiger partial charge in [-0.3, -0.25) is 4.79 Å². The second-order valence-electron chi connectivity index (χ2n) is 7.66. The van der Waals surface area contributed by atoms with Gasteiger partial charge < -0.3 is 19.4 Å². The van der Waals surface area contributed by atoms with Gasteiger partial charge in [0.05, 0.1) is 24.5 Å². The summed E-state index contributed by atoms with van der Waals surface area (Å²) in [6, 6.07) is 6.39. The molecule has 2 amide bonds. The lowest BCUT2D eigenvalue weighted by Gasteiger charge is -2.42. The van der Waals surface area contributed by atoms with Crippen LogP contribution in [0.2, 0.25) is 0 Å². The molecule has 2 aliphatic rings. The van der Waals surface area contributed by atoms with E-state index >= 15 is 0 Å². The van der Waals surface area contributed by atoms with E-state index in [0.29, 0.717) is 31.7 Å². The summed E-state index contributed by atoms with van der Waals surface area (Å²) >= 11 is 0. The molecule has 1 N–H and O–H groups in total. The van der Waals surface area contributed by atoms with Gasteiger partial charge in [0, 0.05) is 26.2 Å². The summed E-state index contributed by atoms with van der Waals surface area (Å²) < 4.78 is 31.8. The zero-order chi connectivity index (χ0) is 21.7. The van der Waals surface area contributed by atoms with Crippen LogP contribution in [-0.2, 0) is 26.0 Å². The second-order valence-corrected chi connectivity index (χ2v) is 9.51. The van der Waals surface area contributed by atoms with Gasteiger partial charge in [-0.1, -0.05) is 18.2 Å². The summed E-state index contributed by atoms with van der Waals surface area (Å²) in [5.41, 5.74) is 0.465. The molecule has 1 aromatic rings. The van der Waals surface area contributed by atoms with E-state index in [1.54, 1.807) is 28.0 Å². The normalized spacial score (nSPS) is 20.4. The number of methoxy groups -OCH3 is 1. The number of ether oxygens (including phenoxy) is 1. The number of nitrogens with zero attached hydrogens (tertiary/aromatic N) is 3. The molecule has 1 aromatic carbocycles. The minimum Gasteiger partial charge on any atom is -0.453 e. The van der Waals surface area contributed by atoms with Crippen LogP contribution >= 0.6 is 0 Å². The smallest absolute Gasteiger partial charge is 0.409 e. The van der Waals surface area contributed by atoms with Crippen molar-refractivity contribution >= 4 is 22.0 Å². The lowest BCUT2D eigenvalue weighted by atomic mass is 10.1. The highest BCUT2D eigenvalue weighted by molar-refractivity contribution is 7.89. The molecule has 1 unspecified atom stereocenters. The van der Waals surface area contributed by atoms with E-state index in [9.17, 15) is 18.0 Å². The van der Waals surface area contributed by atoms with Crippen LogP contribution in [0.1, 0.15) is 18.4 Å². The van der Waals surface area contributed by atoms with Crippen LogP contribution in [0.15, 0.2) is 29.2 Å². The van der Waals surface area contributed by atoms with Gasteiger partial charge in [-0.2, -0.15) is 0 Å². The monoisotopic (exact) mass is 438 g/mol. The third-order valence-corrected chi connectivity index (χ3v) is 7.29. The van der Waals surface area contributed by atoms with Crippen molar-refractivity contribution in [3.63, 3.8) is 0 Å². The van der Waals surface area contributed by atoms with Crippen LogP contribution in [0, 0.1) is 0 Å². The van der Waals surface area contributed by atoms with Gasteiger partial charge in [0.2, 0.25) is 15.9 Å². The fraction of sp³-hybridized carbons (Fsp3) is 0.600. The summed E-state index contributed by atoms with van der Waals surface area (Å²) in [6.45, 7) is 3.86. The number of benzene rings is 1. The van der Waals surface area contributed by atoms with Gasteiger partial charge >= 0.3 is 6.09 Å². The molecule has 1 atom stereocenters. The first-order valence-electron chi connectivity index (χ1n) is 10.2. The van der Waals surface area contributed by atoms with Crippen molar-refractivity contribution in [3.05, 3.63) is 29.8 Å². The standard InChI is InChI=1S/C20H30N4O5S/c1-21-30(27,28)18-8-4-3-7-16(18)13-19(25)24-12-11-23(20(26)29-2)15-17(24)14-22-9-5-6-10-22/h3-4,7-8,17,21H,5-6,9-15H2,1-2H3. The minimum absolute atomic E-state index is 0.00813. The number of amides is 2. The SMILES string of the molecule is CNS(=O)(=O)c1ccccc1CC(=O)N1CCN(C(=O)OC)CC1CN1CCCC1. The van der Waals surface area contributed by atoms with Gasteiger partial charge in [0.1, 0.15) is 0 Å². The highest BCUT2D eigenvalue weighted by atomic mass is 32.2. The van der Waals surface area contributed by atoms with E-state index in [2.05, 4.69) is 9.62 Å². The minimum atomic E-state index is -3.66. The van der Waals surface area contributed by atoms with Crippen molar-refractivity contribution < 1.29 is 22.7 Å². The Morgan fingerprint density at radius 1 is 1.13 bits per heavy atom. The summed E-state index contributed by atoms with van der Waals surface area (Å²) in [4.78, 5) is 31.1. The van der Waals surface area contributed by atoms with Crippen LogP contribution in [0.4, 0.5) is 4.79 Å². The Morgan fingerprint density at radius 3 is 2.50 bits per heavy atom. The molecular formula is C20H30N4O5S. The maximum absolute atomic E-state index is 13.2. The third kappa shape index (κ3) is 5.11. The molecule has 0 bridgehead atoms. The molecule has 0 spiro atoms. The molecule has 0 saturated carbocycles. The fourth-order valence-corrected chi connectivity index (χ4v) is 5.15. The molecule has 2 heterocycles. The Bertz CT molecular complexity index is 870. The van der Waals surface area contributed by atoms with Crippen LogP contribution in [0.3, 0.4) is 0 Å². The van der Waals surface area contributed by atoms with Crippen LogP contribution in [0.25, 0.3) is 0 Å². The Morgan fingerprint density at radius 2 is 1.83 bits per heavy atom. The highest BCUT2D eigenvalue weighted by Crippen LogP contribution is 2.20. The summed E-state index contributed by atoms with van der Waals surface area (Å²) in [5.74, 6) is -0.137. The summed E-state index contributed by atoms with van der Waals surface area (Å²) in [6.07, 6.45) is 1.87. The van der Waals surface area contributed by atoms with Gasteiger partial charge in [0.25, 0.3) is 0 Å². The lowest BCUT2D eigenvalue weighted by molar-refractivity contribution is -0.135. The fourth-order valence-electron chi connectivity index (χ4n) is 4.18. The summed E-state index contributed by atoms with van der Waals surface area (Å²) in [7, 11) is -0.950. The maximum Gasteiger partial charge on any atom is 0.409 e. The van der Waals surface area contributed by atoms with Crippen LogP contribution < -0.4 is 4.72 Å². The van der Waals surface area contributed by atoms with E-state index in [-0.39, 0.29) is 29.4 Å². The first-order valence-corrected chi connectivity index (χ1v) is 11.7. The van der Waals surface area contributed by atoms with Crippen molar-refractivity contribution in [2.75, 3.05) is 53.4 Å². The van der Waals surface area contributed by atoms with E-state index in [1.165, 1.54) is 20.2 Å². The number of hydrogen-bond donors (Lipinski definition) is 1. The van der Waals surface area contributed by atoms with Crippen molar-refractivity contribution in [2.24, 2.45) is 0 Å². The van der Waals surface area contributed by atoms with Gasteiger partial charge in [-0.05, 0) is 44.6 Å². The van der Waals surface area contributed by atoms with E-state index in [4.69, 9.17) is 4.74 Å². The largest absolute Gasteiger partial charge is 0.453 e. The first-order chi connectivity index (χ1) is 14.4. The average Bonchev–Trinajstić information content (AvgIpc) is 3.26. The van der Waals surface area contributed by atoms with E-state index < -0.39 is 10.0 Å². The van der Waals surface area contributed by atoms with Gasteiger partial charge in [-0.15, -0.1) is 0 Å². The maximum atomic E-state index is 13.2. The molecule has 2 fully saturated rings. The predicted molar refractivity (Wildman–Crippen MR) is 112 cm³/mol. The Balaban J connectivity index is 1.78. The number of nitrogens with one attached hydrogen (secondary N) is 1. The summed E-state index contributed by atoms with van der Waals surface area (Å²) in [5, 5.41) is 0. The van der Waals surface area contributed by atoms with Crippen LogP contribution in [-0.4, -0.2) is 94.6 Å². The number of likely N-dealkylation sites (tertiary alicyclic amines) is 1. The number of sulfonamides is 1. The third-order valence-electron chi connectivity index (χ3n) is 5.78. The van der Waals surface area contributed by atoms with Crippen molar-refractivity contribution in [1.29, 1.82) is 0 Å². The molecule has 10 heteroatoms. The first kappa shape index (κ1) is 22.5. The number of carbonyl (C=O) groups excluding carboxylic acids is 2. The topological polar surface area (TPSA) is 99.3 Å². The Kier molecular flexibility index (Phi) is 7.32. The molecule has 2 saturated heterocycles. The molecular weight excluding hydrogens is 408 g/mol. The molecule has 0 aromatic heterocycles. The van der Waals surface area contributed by atoms with Gasteiger partial charge in [0.15, 0.2) is 0 Å². The molecule has 0 aliphatic carbocycles. The molecule has 30 heavy (non-hydrogen) atoms. The van der Waals surface area contributed by atoms with Crippen molar-refractivity contribution in [2.45, 2.75) is 30.2 Å². The number of rotatable bonds is 6. The molecule has 166 valence electrons. The van der Waals surface area contributed by atoms with E-state index in [1.807, 2.05) is 0 Å². The molecule has 3 rings (SSSR count). The van der Waals surface area contributed by atoms with Crippen molar-refractivity contribution in [1.82, 2.24) is 19.4 Å². The molecule has 0 radical (unpaired) electrons. The average molecular weight is 439 g/mol. The number of carbonyl (C=O) groups is 2. The predicted octanol–water partition coefficient (Wildman–Crippen LogP) is 0.512. The highest BCUT2D eigenvalue weighted by Gasteiger charge is 2.34. The van der Waals surface area contributed by atoms with Crippen molar-refractivity contribution in [3.8, 4) is 0 Å². The Hall–Kier alpha value is -2.17. The second kappa shape index (κ2) is 9.76. The van der Waals surface area contributed by atoms with E-state index in [0.717, 1.165) is 25.9 Å². The zero-order valence-electron chi connectivity index (χ0n) is 17.5. The lowest BCUT2D eigenvalue weighted by Crippen LogP contribution is -2.59. The van der Waals surface area contributed by atoms with Crippen LogP contribution in [0.5, 0.6) is 0 Å². The quantitative estimate of drug-likeness (QED) is 0.695.